The molecule has 0 saturated heterocycles. The molecule has 1 fully saturated rings. The second-order valence-corrected chi connectivity index (χ2v) is 5.45. The Bertz CT molecular complexity index is 648. The summed E-state index contributed by atoms with van der Waals surface area (Å²) in [6.45, 7) is 0. The van der Waals surface area contributed by atoms with E-state index in [1.54, 1.807) is 6.07 Å². The lowest BCUT2D eigenvalue weighted by Crippen LogP contribution is -2.58. The first kappa shape index (κ1) is 13.4. The molecule has 1 saturated carbocycles. The Morgan fingerprint density at radius 2 is 1.86 bits per heavy atom. The zero-order valence-electron chi connectivity index (χ0n) is 11.8. The quantitative estimate of drug-likeness (QED) is 0.817. The van der Waals surface area contributed by atoms with Crippen LogP contribution in [0.5, 0.6) is 0 Å². The highest BCUT2D eigenvalue weighted by molar-refractivity contribution is 6.06. The lowest BCUT2D eigenvalue weighted by Gasteiger charge is -2.45. The normalized spacial score (nSPS) is 20.6. The van der Waals surface area contributed by atoms with Crippen molar-refractivity contribution in [3.63, 3.8) is 0 Å². The lowest BCUT2D eigenvalue weighted by atomic mass is 9.87. The van der Waals surface area contributed by atoms with E-state index < -0.39 is 5.66 Å². The predicted octanol–water partition coefficient (Wildman–Crippen LogP) is 1.67. The molecule has 1 aliphatic carbocycles. The summed E-state index contributed by atoms with van der Waals surface area (Å²) in [6, 6.07) is 9.60. The Hall–Kier alpha value is -2.55. The summed E-state index contributed by atoms with van der Waals surface area (Å²) in [4.78, 5) is 10.6. The van der Waals surface area contributed by atoms with Gasteiger partial charge in [0.05, 0.1) is 11.3 Å². The van der Waals surface area contributed by atoms with Gasteiger partial charge in [0, 0.05) is 0 Å². The van der Waals surface area contributed by atoms with Gasteiger partial charge in [-0.3, -0.25) is 4.90 Å². The van der Waals surface area contributed by atoms with Crippen molar-refractivity contribution in [3.05, 3.63) is 29.8 Å². The fourth-order valence-electron chi connectivity index (χ4n) is 3.23. The van der Waals surface area contributed by atoms with E-state index in [9.17, 15) is 5.26 Å². The monoisotopic (exact) mass is 282 g/mol. The molecule has 1 heterocycles. The van der Waals surface area contributed by atoms with Crippen LogP contribution < -0.4 is 16.4 Å². The van der Waals surface area contributed by atoms with Crippen molar-refractivity contribution in [1.82, 2.24) is 0 Å². The van der Waals surface area contributed by atoms with Gasteiger partial charge in [-0.2, -0.15) is 10.3 Å². The smallest absolute Gasteiger partial charge is 0.220 e. The zero-order chi connectivity index (χ0) is 14.9. The molecular formula is C15H18N6. The molecule has 0 atom stereocenters. The molecule has 6 nitrogen and oxygen atoms in total. The van der Waals surface area contributed by atoms with Crippen molar-refractivity contribution in [1.29, 1.82) is 5.26 Å². The summed E-state index contributed by atoms with van der Waals surface area (Å²) in [7, 11) is 0. The van der Waals surface area contributed by atoms with Crippen molar-refractivity contribution in [2.24, 2.45) is 21.5 Å². The maximum Gasteiger partial charge on any atom is 0.220 e. The van der Waals surface area contributed by atoms with Crippen LogP contribution in [0.1, 0.15) is 37.7 Å². The van der Waals surface area contributed by atoms with Gasteiger partial charge in [0.25, 0.3) is 0 Å². The standard InChI is InChI=1S/C15H18N6/c16-10-11-6-2-3-7-12(11)21-14(18)19-13(17)20-15(21)8-4-1-5-9-15/h2-3,6-7H,1,4-5,8-9H2,(H4,17,18,19,20). The van der Waals surface area contributed by atoms with E-state index in [4.69, 9.17) is 11.5 Å². The van der Waals surface area contributed by atoms with Gasteiger partial charge in [0.1, 0.15) is 11.7 Å². The SMILES string of the molecule is N#Cc1ccccc1N1C(N)=NC(N)=NC12CCCCC2. The third-order valence-corrected chi connectivity index (χ3v) is 4.12. The van der Waals surface area contributed by atoms with Crippen LogP contribution in [0.4, 0.5) is 5.69 Å². The molecule has 2 aliphatic rings. The highest BCUT2D eigenvalue weighted by Gasteiger charge is 2.43. The first-order valence-electron chi connectivity index (χ1n) is 7.15. The molecule has 0 bridgehead atoms. The number of hydrogen-bond donors (Lipinski definition) is 2. The van der Waals surface area contributed by atoms with Crippen LogP contribution in [0.25, 0.3) is 0 Å². The highest BCUT2D eigenvalue weighted by Crippen LogP contribution is 2.40. The molecule has 1 aliphatic heterocycles. The van der Waals surface area contributed by atoms with Crippen LogP contribution in [0.3, 0.4) is 0 Å². The predicted molar refractivity (Wildman–Crippen MR) is 82.7 cm³/mol. The summed E-state index contributed by atoms with van der Waals surface area (Å²) in [5, 5.41) is 9.36. The fraction of sp³-hybridized carbons (Fsp3) is 0.400. The van der Waals surface area contributed by atoms with E-state index in [-0.39, 0.29) is 5.96 Å². The minimum Gasteiger partial charge on any atom is -0.369 e. The molecule has 4 N–H and O–H groups in total. The number of guanidine groups is 2. The molecule has 0 amide bonds. The Labute approximate surface area is 123 Å². The van der Waals surface area contributed by atoms with E-state index in [1.165, 1.54) is 6.42 Å². The topological polar surface area (TPSA) is 104 Å². The Balaban J connectivity index is 2.14. The zero-order valence-corrected chi connectivity index (χ0v) is 11.8. The molecule has 1 aromatic rings. The largest absolute Gasteiger partial charge is 0.369 e. The number of nitrogens with zero attached hydrogens (tertiary/aromatic N) is 4. The van der Waals surface area contributed by atoms with Gasteiger partial charge in [-0.1, -0.05) is 18.6 Å². The minimum absolute atomic E-state index is 0.222. The van der Waals surface area contributed by atoms with Gasteiger partial charge in [-0.25, -0.2) is 4.99 Å². The Morgan fingerprint density at radius 1 is 1.14 bits per heavy atom. The van der Waals surface area contributed by atoms with Gasteiger partial charge in [0.2, 0.25) is 11.9 Å². The maximum atomic E-state index is 9.36. The summed E-state index contributed by atoms with van der Waals surface area (Å²) >= 11 is 0. The number of anilines is 1. The molecule has 0 radical (unpaired) electrons. The number of aliphatic imine (C=N–C) groups is 2. The molecule has 1 aromatic carbocycles. The fourth-order valence-corrected chi connectivity index (χ4v) is 3.23. The van der Waals surface area contributed by atoms with Crippen LogP contribution in [0, 0.1) is 11.3 Å². The van der Waals surface area contributed by atoms with E-state index >= 15 is 0 Å². The average molecular weight is 282 g/mol. The maximum absolute atomic E-state index is 9.36. The Kier molecular flexibility index (Phi) is 3.26. The highest BCUT2D eigenvalue weighted by atomic mass is 15.4. The summed E-state index contributed by atoms with van der Waals surface area (Å²) < 4.78 is 0. The summed E-state index contributed by atoms with van der Waals surface area (Å²) in [5.74, 6) is 0.534. The molecule has 108 valence electrons. The van der Waals surface area contributed by atoms with E-state index in [2.05, 4.69) is 16.1 Å². The second-order valence-electron chi connectivity index (χ2n) is 5.45. The van der Waals surface area contributed by atoms with Gasteiger partial charge < -0.3 is 11.5 Å². The number of para-hydroxylation sites is 1. The van der Waals surface area contributed by atoms with Gasteiger partial charge in [-0.05, 0) is 37.8 Å². The molecule has 6 heteroatoms. The van der Waals surface area contributed by atoms with Crippen molar-refractivity contribution in [2.45, 2.75) is 37.8 Å². The molecule has 3 rings (SSSR count). The molecule has 21 heavy (non-hydrogen) atoms. The third kappa shape index (κ3) is 2.21. The molecule has 0 aromatic heterocycles. The Morgan fingerprint density at radius 3 is 2.57 bits per heavy atom. The first-order valence-corrected chi connectivity index (χ1v) is 7.15. The number of nitrogens with two attached hydrogens (primary N) is 2. The van der Waals surface area contributed by atoms with Crippen LogP contribution in [0.15, 0.2) is 34.3 Å². The van der Waals surface area contributed by atoms with Crippen molar-refractivity contribution >= 4 is 17.6 Å². The molecule has 1 spiro atoms. The van der Waals surface area contributed by atoms with Gasteiger partial charge >= 0.3 is 0 Å². The number of benzene rings is 1. The van der Waals surface area contributed by atoms with Gasteiger partial charge in [-0.15, -0.1) is 0 Å². The number of hydrogen-bond acceptors (Lipinski definition) is 6. The first-order chi connectivity index (χ1) is 10.2. The van der Waals surface area contributed by atoms with Crippen LogP contribution >= 0.6 is 0 Å². The third-order valence-electron chi connectivity index (χ3n) is 4.12. The van der Waals surface area contributed by atoms with Crippen molar-refractivity contribution in [2.75, 3.05) is 4.90 Å². The lowest BCUT2D eigenvalue weighted by molar-refractivity contribution is 0.305. The minimum atomic E-state index is -0.499. The van der Waals surface area contributed by atoms with E-state index in [1.807, 2.05) is 23.1 Å². The van der Waals surface area contributed by atoms with E-state index in [0.29, 0.717) is 11.5 Å². The average Bonchev–Trinajstić information content (AvgIpc) is 2.47. The van der Waals surface area contributed by atoms with Crippen LogP contribution in [0.2, 0.25) is 0 Å². The van der Waals surface area contributed by atoms with Crippen molar-refractivity contribution < 1.29 is 0 Å². The summed E-state index contributed by atoms with van der Waals surface area (Å²) in [5.41, 5.74) is 12.8. The van der Waals surface area contributed by atoms with Crippen molar-refractivity contribution in [3.8, 4) is 6.07 Å². The van der Waals surface area contributed by atoms with Crippen LogP contribution in [-0.2, 0) is 0 Å². The summed E-state index contributed by atoms with van der Waals surface area (Å²) in [6.07, 6.45) is 5.04. The van der Waals surface area contributed by atoms with Gasteiger partial charge in [0.15, 0.2) is 0 Å². The number of nitriles is 1. The van der Waals surface area contributed by atoms with E-state index in [0.717, 1.165) is 31.4 Å². The number of rotatable bonds is 1. The molecule has 0 unspecified atom stereocenters. The van der Waals surface area contributed by atoms with Crippen LogP contribution in [-0.4, -0.2) is 17.6 Å². The second kappa shape index (κ2) is 5.09. The molecular weight excluding hydrogens is 264 g/mol.